The number of hydrogen-bond acceptors (Lipinski definition) is 10. The van der Waals surface area contributed by atoms with Crippen LogP contribution in [-0.4, -0.2) is 48.5 Å². The second-order valence-electron chi connectivity index (χ2n) is 10.5. The zero-order valence-electron chi connectivity index (χ0n) is 25.5. The molecule has 5 rings (SSSR count). The number of amides is 1. The van der Waals surface area contributed by atoms with E-state index in [9.17, 15) is 19.0 Å². The molecule has 1 fully saturated rings. The maximum Gasteiger partial charge on any atom is 0.488 e. The summed E-state index contributed by atoms with van der Waals surface area (Å²) in [5, 5.41) is 2.55. The van der Waals surface area contributed by atoms with Crippen LogP contribution < -0.4 is 25.4 Å². The van der Waals surface area contributed by atoms with Crippen molar-refractivity contribution in [1.29, 1.82) is 0 Å². The van der Waals surface area contributed by atoms with Gasteiger partial charge < -0.3 is 29.2 Å². The summed E-state index contributed by atoms with van der Waals surface area (Å²) >= 11 is 0. The van der Waals surface area contributed by atoms with E-state index in [1.54, 1.807) is 21.1 Å². The molecule has 0 bridgehead atoms. The van der Waals surface area contributed by atoms with Gasteiger partial charge in [0, 0.05) is 19.0 Å². The van der Waals surface area contributed by atoms with E-state index in [4.69, 9.17) is 23.5 Å². The molecule has 12 nitrogen and oxygen atoms in total. The third-order valence-electron chi connectivity index (χ3n) is 7.77. The van der Waals surface area contributed by atoms with Crippen molar-refractivity contribution in [3.05, 3.63) is 118 Å². The number of rotatable bonds is 13. The van der Waals surface area contributed by atoms with Crippen LogP contribution in [-0.2, 0) is 29.0 Å². The number of ether oxygens (including phenoxy) is 4. The largest absolute Gasteiger partial charge is 0.566 e. The standard InChI is InChI=1S/C33H34N3O9P/c1-4-30(37)34-29-18-19-36(32(38)35-29)31-20-27(45-46(39)40)28(44-31)21-43-33(22-8-6-5-7-9-22,23-10-14-25(41-2)15-11-23)24-12-16-26(42-3)17-13-24/h5-19,27-28,31H,4,20-21H2,1-3H3,(H,34,35,37,38)/t27-,28+,31+/m0/s1. The molecule has 46 heavy (non-hydrogen) atoms. The molecule has 1 aromatic heterocycles. The quantitative estimate of drug-likeness (QED) is 0.164. The molecule has 3 aromatic carbocycles. The molecule has 4 atom stereocenters. The average molecular weight is 648 g/mol. The predicted octanol–water partition coefficient (Wildman–Crippen LogP) is 4.31. The molecule has 13 heteroatoms. The number of hydrogen-bond donors (Lipinski definition) is 1. The Morgan fingerprint density at radius 2 is 1.57 bits per heavy atom. The maximum atomic E-state index is 12.9. The lowest BCUT2D eigenvalue weighted by Gasteiger charge is -2.37. The van der Waals surface area contributed by atoms with Crippen molar-refractivity contribution in [3.63, 3.8) is 0 Å². The third-order valence-corrected chi connectivity index (χ3v) is 8.21. The van der Waals surface area contributed by atoms with Gasteiger partial charge in [0.25, 0.3) is 0 Å². The molecule has 2 heterocycles. The Bertz CT molecular complexity index is 1650. The van der Waals surface area contributed by atoms with Gasteiger partial charge in [0.15, 0.2) is 0 Å². The number of benzene rings is 3. The first kappa shape index (κ1) is 32.9. The summed E-state index contributed by atoms with van der Waals surface area (Å²) in [7, 11) is -0.0720. The van der Waals surface area contributed by atoms with Crippen molar-refractivity contribution in [2.24, 2.45) is 0 Å². The molecule has 0 radical (unpaired) electrons. The summed E-state index contributed by atoms with van der Waals surface area (Å²) in [6.45, 7) is 1.56. The highest BCUT2D eigenvalue weighted by atomic mass is 31.1. The molecular formula is C33H34N3O9P. The van der Waals surface area contributed by atoms with Crippen LogP contribution in [0, 0.1) is 0 Å². The van der Waals surface area contributed by atoms with Gasteiger partial charge in [0.05, 0.1) is 20.8 Å². The highest BCUT2D eigenvalue weighted by Crippen LogP contribution is 2.43. The normalized spacial score (nSPS) is 18.2. The van der Waals surface area contributed by atoms with Gasteiger partial charge in [-0.1, -0.05) is 61.5 Å². The van der Waals surface area contributed by atoms with E-state index >= 15 is 0 Å². The monoisotopic (exact) mass is 647 g/mol. The van der Waals surface area contributed by atoms with Crippen molar-refractivity contribution in [3.8, 4) is 11.5 Å². The smallest absolute Gasteiger partial charge is 0.488 e. The molecule has 1 aliphatic heterocycles. The van der Waals surface area contributed by atoms with Crippen LogP contribution in [0.1, 0.15) is 42.7 Å². The number of methoxy groups -OCH3 is 2. The zero-order valence-corrected chi connectivity index (χ0v) is 26.4. The fraction of sp³-hybridized carbons (Fsp3) is 0.303. The van der Waals surface area contributed by atoms with Crippen LogP contribution in [0.2, 0.25) is 0 Å². The minimum absolute atomic E-state index is 0.0308. The second kappa shape index (κ2) is 14.8. The van der Waals surface area contributed by atoms with Crippen LogP contribution in [0.5, 0.6) is 11.5 Å². The SMILES string of the molecule is CCC(=O)Nc1ccn([C@H]2C[C@H](O[P+](=O)[O-])[C@@H](COC(c3ccccc3)(c3ccc(OC)cc3)c3ccc(OC)cc3)O2)c(=O)n1. The maximum absolute atomic E-state index is 12.9. The van der Waals surface area contributed by atoms with E-state index in [2.05, 4.69) is 10.3 Å². The van der Waals surface area contributed by atoms with Gasteiger partial charge in [0.1, 0.15) is 41.4 Å². The zero-order chi connectivity index (χ0) is 32.7. The van der Waals surface area contributed by atoms with Crippen molar-refractivity contribution in [2.75, 3.05) is 26.1 Å². The summed E-state index contributed by atoms with van der Waals surface area (Å²) in [5.41, 5.74) is 0.481. The van der Waals surface area contributed by atoms with Crippen LogP contribution in [0.3, 0.4) is 0 Å². The Balaban J connectivity index is 1.52. The summed E-state index contributed by atoms with van der Waals surface area (Å²) in [6, 6.07) is 26.0. The molecule has 4 aromatic rings. The summed E-state index contributed by atoms with van der Waals surface area (Å²) in [6.07, 6.45) is -1.07. The van der Waals surface area contributed by atoms with Gasteiger partial charge >= 0.3 is 13.9 Å². The summed E-state index contributed by atoms with van der Waals surface area (Å²) in [4.78, 5) is 40.4. The Kier molecular flexibility index (Phi) is 10.6. The molecule has 0 aliphatic carbocycles. The van der Waals surface area contributed by atoms with Crippen molar-refractivity contribution >= 4 is 20.0 Å². The Hall–Kier alpha value is -4.45. The second-order valence-corrected chi connectivity index (χ2v) is 11.1. The highest BCUT2D eigenvalue weighted by Gasteiger charge is 2.45. The molecule has 240 valence electrons. The lowest BCUT2D eigenvalue weighted by atomic mass is 9.80. The number of carbonyl (C=O) groups is 1. The number of nitrogens with one attached hydrogen (secondary N) is 1. The van der Waals surface area contributed by atoms with E-state index in [0.29, 0.717) is 11.5 Å². The van der Waals surface area contributed by atoms with Gasteiger partial charge in [-0.15, -0.1) is 4.52 Å². The molecule has 0 spiro atoms. The fourth-order valence-corrected chi connectivity index (χ4v) is 5.90. The summed E-state index contributed by atoms with van der Waals surface area (Å²) in [5.74, 6) is 1.14. The van der Waals surface area contributed by atoms with E-state index in [1.165, 1.54) is 16.8 Å². The number of nitrogens with zero attached hydrogens (tertiary/aromatic N) is 2. The van der Waals surface area contributed by atoms with Crippen molar-refractivity contribution in [2.45, 2.75) is 43.8 Å². The predicted molar refractivity (Wildman–Crippen MR) is 167 cm³/mol. The van der Waals surface area contributed by atoms with Crippen molar-refractivity contribution in [1.82, 2.24) is 9.55 Å². The Morgan fingerprint density at radius 3 is 2.09 bits per heavy atom. The minimum atomic E-state index is -3.25. The fourth-order valence-electron chi connectivity index (χ4n) is 5.46. The third kappa shape index (κ3) is 7.17. The molecule has 1 unspecified atom stereocenters. The van der Waals surface area contributed by atoms with Gasteiger partial charge in [-0.3, -0.25) is 9.36 Å². The van der Waals surface area contributed by atoms with Crippen LogP contribution in [0.15, 0.2) is 95.9 Å². The first-order valence-electron chi connectivity index (χ1n) is 14.6. The van der Waals surface area contributed by atoms with Crippen LogP contribution in [0.4, 0.5) is 5.82 Å². The van der Waals surface area contributed by atoms with Gasteiger partial charge in [0.2, 0.25) is 5.91 Å². The van der Waals surface area contributed by atoms with Crippen LogP contribution in [0.25, 0.3) is 0 Å². The number of aromatic nitrogens is 2. The molecule has 1 saturated heterocycles. The van der Waals surface area contributed by atoms with Crippen molar-refractivity contribution < 1.29 is 37.7 Å². The molecule has 0 saturated carbocycles. The van der Waals surface area contributed by atoms with Gasteiger partial charge in [-0.2, -0.15) is 4.98 Å². The topological polar surface area (TPSA) is 150 Å². The Morgan fingerprint density at radius 1 is 0.978 bits per heavy atom. The van der Waals surface area contributed by atoms with Crippen LogP contribution >= 0.6 is 8.25 Å². The molecular weight excluding hydrogens is 613 g/mol. The summed E-state index contributed by atoms with van der Waals surface area (Å²) < 4.78 is 42.2. The lowest BCUT2D eigenvalue weighted by Crippen LogP contribution is -2.38. The first-order chi connectivity index (χ1) is 22.3. The lowest BCUT2D eigenvalue weighted by molar-refractivity contribution is -0.192. The Labute approximate surface area is 266 Å². The highest BCUT2D eigenvalue weighted by molar-refractivity contribution is 7.30. The molecule has 1 aliphatic rings. The van der Waals surface area contributed by atoms with E-state index < -0.39 is 38.0 Å². The first-order valence-corrected chi connectivity index (χ1v) is 15.7. The van der Waals surface area contributed by atoms with Gasteiger partial charge in [-0.25, -0.2) is 4.79 Å². The van der Waals surface area contributed by atoms with E-state index in [1.807, 2.05) is 78.9 Å². The van der Waals surface area contributed by atoms with E-state index in [0.717, 1.165) is 16.7 Å². The number of carbonyl (C=O) groups excluding carboxylic acids is 1. The number of anilines is 1. The van der Waals surface area contributed by atoms with E-state index in [-0.39, 0.29) is 31.2 Å². The minimum Gasteiger partial charge on any atom is -0.566 e. The molecule has 1 N–H and O–H groups in total. The molecule has 1 amide bonds. The average Bonchev–Trinajstić information content (AvgIpc) is 3.47. The van der Waals surface area contributed by atoms with Gasteiger partial charge in [-0.05, 0) is 51.6 Å².